The van der Waals surface area contributed by atoms with E-state index in [-0.39, 0.29) is 5.78 Å². The smallest absolute Gasteiger partial charge is 0.143 e. The maximum atomic E-state index is 12.3. The number of Topliss-reactive ketones (excluding diaryl/α,β-unsaturated/α-hetero) is 1. The maximum Gasteiger partial charge on any atom is 0.143 e. The summed E-state index contributed by atoms with van der Waals surface area (Å²) >= 11 is 3.57. The molecule has 0 saturated carbocycles. The summed E-state index contributed by atoms with van der Waals surface area (Å²) in [6, 6.07) is 7.48. The van der Waals surface area contributed by atoms with E-state index in [9.17, 15) is 4.79 Å². The monoisotopic (exact) mass is 349 g/mol. The highest BCUT2D eigenvalue weighted by molar-refractivity contribution is 9.10. The van der Waals surface area contributed by atoms with Crippen LogP contribution in [0.25, 0.3) is 0 Å². The van der Waals surface area contributed by atoms with Gasteiger partial charge in [0.25, 0.3) is 0 Å². The third-order valence-electron chi connectivity index (χ3n) is 3.41. The summed E-state index contributed by atoms with van der Waals surface area (Å²) in [5.74, 6) is 0.165. The number of aryl methyl sites for hydroxylation is 2. The molecule has 0 fully saturated rings. The lowest BCUT2D eigenvalue weighted by Gasteiger charge is -2.06. The molecule has 1 aromatic heterocycles. The Hall–Kier alpha value is -1.62. The van der Waals surface area contributed by atoms with Gasteiger partial charge in [-0.15, -0.1) is 0 Å². The van der Waals surface area contributed by atoms with Gasteiger partial charge in [0.2, 0.25) is 0 Å². The first-order chi connectivity index (χ1) is 10.0. The zero-order chi connectivity index (χ0) is 15.4. The number of halogens is 1. The van der Waals surface area contributed by atoms with Crippen molar-refractivity contribution >= 4 is 27.4 Å². The molecule has 2 N–H and O–H groups in total. The summed E-state index contributed by atoms with van der Waals surface area (Å²) in [6.07, 6.45) is 1.63. The molecule has 0 saturated heterocycles. The minimum atomic E-state index is 0.165. The maximum absolute atomic E-state index is 12.3. The van der Waals surface area contributed by atoms with Gasteiger partial charge >= 0.3 is 0 Å². The molecule has 0 bridgehead atoms. The molecule has 4 nitrogen and oxygen atoms in total. The van der Waals surface area contributed by atoms with Gasteiger partial charge in [-0.1, -0.05) is 19.1 Å². The molecule has 0 aliphatic heterocycles. The van der Waals surface area contributed by atoms with E-state index in [1.807, 2.05) is 35.9 Å². The highest BCUT2D eigenvalue weighted by atomic mass is 79.9. The summed E-state index contributed by atoms with van der Waals surface area (Å²) in [7, 11) is 0. The Morgan fingerprint density at radius 1 is 1.33 bits per heavy atom. The Bertz CT molecular complexity index is 649. The first-order valence-corrected chi connectivity index (χ1v) is 7.94. The number of anilines is 1. The molecule has 0 spiro atoms. The molecule has 0 atom stereocenters. The van der Waals surface area contributed by atoms with Gasteiger partial charge in [0, 0.05) is 25.1 Å². The van der Waals surface area contributed by atoms with Crippen LogP contribution in [0, 0.1) is 0 Å². The largest absolute Gasteiger partial charge is 0.399 e. The molecule has 21 heavy (non-hydrogen) atoms. The lowest BCUT2D eigenvalue weighted by Crippen LogP contribution is -2.12. The van der Waals surface area contributed by atoms with Crippen LogP contribution in [0.15, 0.2) is 28.7 Å². The van der Waals surface area contributed by atoms with Gasteiger partial charge in [0.1, 0.15) is 5.78 Å². The van der Waals surface area contributed by atoms with Crippen molar-refractivity contribution in [1.82, 2.24) is 9.78 Å². The van der Waals surface area contributed by atoms with E-state index in [2.05, 4.69) is 28.0 Å². The van der Waals surface area contributed by atoms with Crippen molar-refractivity contribution in [2.45, 2.75) is 39.7 Å². The van der Waals surface area contributed by atoms with E-state index in [4.69, 9.17) is 5.73 Å². The Balaban J connectivity index is 2.14. The van der Waals surface area contributed by atoms with E-state index < -0.39 is 0 Å². The molecule has 2 aromatic rings. The predicted octanol–water partition coefficient (Wildman–Crippen LogP) is 3.16. The van der Waals surface area contributed by atoms with Gasteiger partial charge < -0.3 is 5.73 Å². The lowest BCUT2D eigenvalue weighted by atomic mass is 10.0. The van der Waals surface area contributed by atoms with E-state index in [1.54, 1.807) is 0 Å². The standard InChI is InChI=1S/C16H20BrN3O/c1-3-14-16(17)15(20(4-2)19-14)10-13(21)9-11-6-5-7-12(18)8-11/h5-8H,3-4,9-10,18H2,1-2H3. The number of benzene rings is 1. The summed E-state index contributed by atoms with van der Waals surface area (Å²) in [5.41, 5.74) is 9.35. The number of rotatable bonds is 6. The molecule has 112 valence electrons. The van der Waals surface area contributed by atoms with Crippen LogP contribution in [0.3, 0.4) is 0 Å². The predicted molar refractivity (Wildman–Crippen MR) is 88.2 cm³/mol. The number of carbonyl (C=O) groups is 1. The minimum absolute atomic E-state index is 0.165. The molecule has 5 heteroatoms. The van der Waals surface area contributed by atoms with Crippen molar-refractivity contribution in [3.05, 3.63) is 45.7 Å². The van der Waals surface area contributed by atoms with Crippen LogP contribution in [-0.4, -0.2) is 15.6 Å². The van der Waals surface area contributed by atoms with Crippen molar-refractivity contribution in [1.29, 1.82) is 0 Å². The number of aromatic nitrogens is 2. The normalized spacial score (nSPS) is 10.8. The molecule has 0 radical (unpaired) electrons. The summed E-state index contributed by atoms with van der Waals surface area (Å²) < 4.78 is 2.87. The Kier molecular flexibility index (Phi) is 5.17. The fourth-order valence-corrected chi connectivity index (χ4v) is 3.07. The topological polar surface area (TPSA) is 60.9 Å². The fraction of sp³-hybridized carbons (Fsp3) is 0.375. The van der Waals surface area contributed by atoms with Crippen molar-refractivity contribution in [2.24, 2.45) is 0 Å². The van der Waals surface area contributed by atoms with Crippen molar-refractivity contribution < 1.29 is 4.79 Å². The van der Waals surface area contributed by atoms with Crippen LogP contribution < -0.4 is 5.73 Å². The molecule has 1 aromatic carbocycles. The minimum Gasteiger partial charge on any atom is -0.399 e. The molecular weight excluding hydrogens is 330 g/mol. The van der Waals surface area contributed by atoms with Crippen molar-refractivity contribution in [3.63, 3.8) is 0 Å². The zero-order valence-electron chi connectivity index (χ0n) is 12.4. The lowest BCUT2D eigenvalue weighted by molar-refractivity contribution is -0.117. The number of hydrogen-bond donors (Lipinski definition) is 1. The molecular formula is C16H20BrN3O. The zero-order valence-corrected chi connectivity index (χ0v) is 14.0. The van der Waals surface area contributed by atoms with Gasteiger partial charge in [0.05, 0.1) is 15.9 Å². The third kappa shape index (κ3) is 3.73. The fourth-order valence-electron chi connectivity index (χ4n) is 2.37. The Labute approximate surface area is 133 Å². The molecule has 0 aliphatic carbocycles. The Morgan fingerprint density at radius 3 is 2.71 bits per heavy atom. The molecule has 0 aliphatic rings. The van der Waals surface area contributed by atoms with Gasteiger partial charge in [-0.2, -0.15) is 5.10 Å². The number of nitrogen functional groups attached to an aromatic ring is 1. The summed E-state index contributed by atoms with van der Waals surface area (Å²) in [4.78, 5) is 12.3. The van der Waals surface area contributed by atoms with E-state index in [0.29, 0.717) is 18.5 Å². The number of nitrogens with two attached hydrogens (primary N) is 1. The Morgan fingerprint density at radius 2 is 2.10 bits per heavy atom. The van der Waals surface area contributed by atoms with Gasteiger partial charge in [-0.05, 0) is 47.0 Å². The average molecular weight is 350 g/mol. The molecule has 0 unspecified atom stereocenters. The SMILES string of the molecule is CCc1nn(CC)c(CC(=O)Cc2cccc(N)c2)c1Br. The van der Waals surface area contributed by atoms with E-state index >= 15 is 0 Å². The number of nitrogens with zero attached hydrogens (tertiary/aromatic N) is 2. The highest BCUT2D eigenvalue weighted by Gasteiger charge is 2.17. The van der Waals surface area contributed by atoms with Gasteiger partial charge in [-0.25, -0.2) is 0 Å². The molecule has 1 heterocycles. The van der Waals surface area contributed by atoms with Crippen LogP contribution in [0.5, 0.6) is 0 Å². The molecule has 0 amide bonds. The second kappa shape index (κ2) is 6.89. The average Bonchev–Trinajstić information content (AvgIpc) is 2.75. The first kappa shape index (κ1) is 15.8. The van der Waals surface area contributed by atoms with Crippen molar-refractivity contribution in [2.75, 3.05) is 5.73 Å². The van der Waals surface area contributed by atoms with Gasteiger partial charge in [0.15, 0.2) is 0 Å². The summed E-state index contributed by atoms with van der Waals surface area (Å²) in [5, 5.41) is 4.52. The second-order valence-electron chi connectivity index (χ2n) is 5.01. The molecule has 2 rings (SSSR count). The number of hydrogen-bond acceptors (Lipinski definition) is 3. The van der Waals surface area contributed by atoms with E-state index in [0.717, 1.165) is 34.4 Å². The van der Waals surface area contributed by atoms with Crippen LogP contribution in [-0.2, 0) is 30.6 Å². The second-order valence-corrected chi connectivity index (χ2v) is 5.81. The number of carbonyl (C=O) groups excluding carboxylic acids is 1. The van der Waals surface area contributed by atoms with Crippen LogP contribution in [0.2, 0.25) is 0 Å². The van der Waals surface area contributed by atoms with Crippen LogP contribution >= 0.6 is 15.9 Å². The van der Waals surface area contributed by atoms with Crippen LogP contribution in [0.1, 0.15) is 30.8 Å². The van der Waals surface area contributed by atoms with Gasteiger partial charge in [-0.3, -0.25) is 9.48 Å². The quantitative estimate of drug-likeness (QED) is 0.814. The number of ketones is 1. The van der Waals surface area contributed by atoms with Crippen molar-refractivity contribution in [3.8, 4) is 0 Å². The third-order valence-corrected chi connectivity index (χ3v) is 4.33. The van der Waals surface area contributed by atoms with Crippen LogP contribution in [0.4, 0.5) is 5.69 Å². The van der Waals surface area contributed by atoms with E-state index in [1.165, 1.54) is 0 Å². The summed E-state index contributed by atoms with van der Waals surface area (Å²) in [6.45, 7) is 4.86. The first-order valence-electron chi connectivity index (χ1n) is 7.15. The highest BCUT2D eigenvalue weighted by Crippen LogP contribution is 2.23.